The number of aliphatic hydroxyl groups is 1. The lowest BCUT2D eigenvalue weighted by atomic mass is 9.90. The number of rotatable bonds is 5. The summed E-state index contributed by atoms with van der Waals surface area (Å²) in [6, 6.07) is 0. The highest BCUT2D eigenvalue weighted by atomic mass is 16.3. The Morgan fingerprint density at radius 2 is 1.88 bits per heavy atom. The standard InChI is InChI=1S/C12H24N2O2/c1-3-12(13,4-2)10(16)14-11(9-15)7-5-6-8-11/h15H,3-9,13H2,1-2H3,(H,14,16). The molecule has 1 amide bonds. The Morgan fingerprint density at radius 3 is 2.25 bits per heavy atom. The van der Waals surface area contributed by atoms with Gasteiger partial charge in [-0.1, -0.05) is 26.7 Å². The topological polar surface area (TPSA) is 75.4 Å². The zero-order chi connectivity index (χ0) is 12.2. The molecule has 4 nitrogen and oxygen atoms in total. The van der Waals surface area contributed by atoms with Crippen molar-refractivity contribution in [1.29, 1.82) is 0 Å². The minimum Gasteiger partial charge on any atom is -0.394 e. The van der Waals surface area contributed by atoms with Crippen molar-refractivity contribution in [1.82, 2.24) is 5.32 Å². The van der Waals surface area contributed by atoms with Crippen LogP contribution in [-0.4, -0.2) is 28.7 Å². The molecule has 1 aliphatic rings. The van der Waals surface area contributed by atoms with Gasteiger partial charge in [0.15, 0.2) is 0 Å². The minimum absolute atomic E-state index is 0.0161. The monoisotopic (exact) mass is 228 g/mol. The molecule has 0 saturated heterocycles. The second-order valence-corrected chi connectivity index (χ2v) is 4.96. The van der Waals surface area contributed by atoms with E-state index in [9.17, 15) is 9.90 Å². The zero-order valence-corrected chi connectivity index (χ0v) is 10.4. The van der Waals surface area contributed by atoms with E-state index in [0.29, 0.717) is 12.8 Å². The van der Waals surface area contributed by atoms with Crippen LogP contribution >= 0.6 is 0 Å². The van der Waals surface area contributed by atoms with E-state index in [-0.39, 0.29) is 12.5 Å². The van der Waals surface area contributed by atoms with Gasteiger partial charge in [-0.3, -0.25) is 4.79 Å². The molecule has 0 spiro atoms. The Kier molecular flexibility index (Phi) is 4.33. The molecule has 0 aliphatic heterocycles. The second kappa shape index (κ2) is 5.15. The lowest BCUT2D eigenvalue weighted by molar-refractivity contribution is -0.129. The SMILES string of the molecule is CCC(N)(CC)C(=O)NC1(CO)CCCC1. The molecular weight excluding hydrogens is 204 g/mol. The van der Waals surface area contributed by atoms with Crippen molar-refractivity contribution >= 4 is 5.91 Å². The molecule has 0 heterocycles. The summed E-state index contributed by atoms with van der Waals surface area (Å²) < 4.78 is 0. The van der Waals surface area contributed by atoms with Crippen LogP contribution in [0.1, 0.15) is 52.4 Å². The van der Waals surface area contributed by atoms with Crippen LogP contribution in [0.4, 0.5) is 0 Å². The van der Waals surface area contributed by atoms with Crippen molar-refractivity contribution in [3.63, 3.8) is 0 Å². The number of hydrogen-bond donors (Lipinski definition) is 3. The van der Waals surface area contributed by atoms with E-state index in [1.54, 1.807) is 0 Å². The maximum Gasteiger partial charge on any atom is 0.240 e. The number of carbonyl (C=O) groups is 1. The molecule has 0 bridgehead atoms. The summed E-state index contributed by atoms with van der Waals surface area (Å²) in [4.78, 5) is 12.1. The molecule has 0 radical (unpaired) electrons. The predicted octanol–water partition coefficient (Wildman–Crippen LogP) is 0.925. The smallest absolute Gasteiger partial charge is 0.240 e. The summed E-state index contributed by atoms with van der Waals surface area (Å²) in [5.41, 5.74) is 4.84. The molecule has 1 fully saturated rings. The molecule has 16 heavy (non-hydrogen) atoms. The van der Waals surface area contributed by atoms with Crippen LogP contribution in [0.3, 0.4) is 0 Å². The summed E-state index contributed by atoms with van der Waals surface area (Å²) >= 11 is 0. The van der Waals surface area contributed by atoms with Crippen molar-refractivity contribution in [3.8, 4) is 0 Å². The average molecular weight is 228 g/mol. The van der Waals surface area contributed by atoms with Gasteiger partial charge in [0.1, 0.15) is 0 Å². The third-order valence-electron chi connectivity index (χ3n) is 3.96. The molecule has 0 atom stereocenters. The molecule has 0 aromatic heterocycles. The molecule has 0 aromatic carbocycles. The molecule has 0 unspecified atom stereocenters. The van der Waals surface area contributed by atoms with Gasteiger partial charge in [-0.25, -0.2) is 0 Å². The van der Waals surface area contributed by atoms with E-state index >= 15 is 0 Å². The van der Waals surface area contributed by atoms with Crippen molar-refractivity contribution in [2.45, 2.75) is 63.5 Å². The van der Waals surface area contributed by atoms with E-state index in [0.717, 1.165) is 25.7 Å². The van der Waals surface area contributed by atoms with Gasteiger partial charge in [-0.2, -0.15) is 0 Å². The Balaban J connectivity index is 2.68. The van der Waals surface area contributed by atoms with Crippen LogP contribution in [-0.2, 0) is 4.79 Å². The molecular formula is C12H24N2O2. The van der Waals surface area contributed by atoms with Gasteiger partial charge in [0.2, 0.25) is 5.91 Å². The third kappa shape index (κ3) is 2.55. The first kappa shape index (κ1) is 13.5. The molecule has 0 aromatic rings. The highest BCUT2D eigenvalue weighted by Crippen LogP contribution is 2.30. The lowest BCUT2D eigenvalue weighted by Gasteiger charge is -2.34. The van der Waals surface area contributed by atoms with E-state index in [4.69, 9.17) is 5.73 Å². The fourth-order valence-electron chi connectivity index (χ4n) is 2.31. The minimum atomic E-state index is -0.787. The third-order valence-corrected chi connectivity index (χ3v) is 3.96. The molecule has 4 N–H and O–H groups in total. The van der Waals surface area contributed by atoms with Gasteiger partial charge in [0.05, 0.1) is 17.7 Å². The average Bonchev–Trinajstić information content (AvgIpc) is 2.77. The van der Waals surface area contributed by atoms with Crippen molar-refractivity contribution < 1.29 is 9.90 Å². The Labute approximate surface area is 97.6 Å². The van der Waals surface area contributed by atoms with Gasteiger partial charge in [-0.15, -0.1) is 0 Å². The first-order chi connectivity index (χ1) is 7.52. The summed E-state index contributed by atoms with van der Waals surface area (Å²) in [5, 5.41) is 12.4. The van der Waals surface area contributed by atoms with E-state index in [1.807, 2.05) is 13.8 Å². The first-order valence-electron chi connectivity index (χ1n) is 6.24. The fourth-order valence-corrected chi connectivity index (χ4v) is 2.31. The van der Waals surface area contributed by atoms with Crippen LogP contribution < -0.4 is 11.1 Å². The van der Waals surface area contributed by atoms with Crippen LogP contribution in [0.2, 0.25) is 0 Å². The predicted molar refractivity (Wildman–Crippen MR) is 63.9 cm³/mol. The Morgan fingerprint density at radius 1 is 1.38 bits per heavy atom. The number of hydrogen-bond acceptors (Lipinski definition) is 3. The van der Waals surface area contributed by atoms with Crippen molar-refractivity contribution in [2.24, 2.45) is 5.73 Å². The summed E-state index contributed by atoms with van der Waals surface area (Å²) in [6.45, 7) is 3.86. The summed E-state index contributed by atoms with van der Waals surface area (Å²) in [5.74, 6) is -0.117. The van der Waals surface area contributed by atoms with Crippen LogP contribution in [0.25, 0.3) is 0 Å². The molecule has 94 valence electrons. The van der Waals surface area contributed by atoms with Crippen LogP contribution in [0.5, 0.6) is 0 Å². The van der Waals surface area contributed by atoms with Crippen molar-refractivity contribution in [2.75, 3.05) is 6.61 Å². The second-order valence-electron chi connectivity index (χ2n) is 4.96. The maximum absolute atomic E-state index is 12.1. The van der Waals surface area contributed by atoms with Gasteiger partial charge < -0.3 is 16.2 Å². The molecule has 1 aliphatic carbocycles. The maximum atomic E-state index is 12.1. The van der Waals surface area contributed by atoms with E-state index in [1.165, 1.54) is 0 Å². The van der Waals surface area contributed by atoms with Crippen LogP contribution in [0, 0.1) is 0 Å². The largest absolute Gasteiger partial charge is 0.394 e. The number of carbonyl (C=O) groups excluding carboxylic acids is 1. The fraction of sp³-hybridized carbons (Fsp3) is 0.917. The zero-order valence-electron chi connectivity index (χ0n) is 10.4. The molecule has 4 heteroatoms. The Bertz CT molecular complexity index is 243. The highest BCUT2D eigenvalue weighted by molar-refractivity contribution is 5.86. The van der Waals surface area contributed by atoms with E-state index < -0.39 is 11.1 Å². The quantitative estimate of drug-likeness (QED) is 0.655. The number of aliphatic hydroxyl groups excluding tert-OH is 1. The normalized spacial score (nSPS) is 19.8. The molecule has 1 saturated carbocycles. The van der Waals surface area contributed by atoms with Gasteiger partial charge in [-0.05, 0) is 25.7 Å². The Hall–Kier alpha value is -0.610. The van der Waals surface area contributed by atoms with Crippen molar-refractivity contribution in [3.05, 3.63) is 0 Å². The molecule has 1 rings (SSSR count). The van der Waals surface area contributed by atoms with Gasteiger partial charge >= 0.3 is 0 Å². The number of nitrogens with one attached hydrogen (secondary N) is 1. The van der Waals surface area contributed by atoms with Crippen LogP contribution in [0.15, 0.2) is 0 Å². The number of nitrogens with two attached hydrogens (primary N) is 1. The van der Waals surface area contributed by atoms with E-state index in [2.05, 4.69) is 5.32 Å². The highest BCUT2D eigenvalue weighted by Gasteiger charge is 2.39. The summed E-state index contributed by atoms with van der Waals surface area (Å²) in [7, 11) is 0. The van der Waals surface area contributed by atoms with Gasteiger partial charge in [0.25, 0.3) is 0 Å². The van der Waals surface area contributed by atoms with Gasteiger partial charge in [0, 0.05) is 0 Å². The summed E-state index contributed by atoms with van der Waals surface area (Å²) in [6.07, 6.45) is 5.10. The lowest BCUT2D eigenvalue weighted by Crippen LogP contribution is -2.60. The number of amides is 1. The first-order valence-corrected chi connectivity index (χ1v) is 6.24.